The Morgan fingerprint density at radius 1 is 1.30 bits per heavy atom. The fourth-order valence-corrected chi connectivity index (χ4v) is 4.57. The Balaban J connectivity index is 1.42. The smallest absolute Gasteiger partial charge is 0.234 e. The number of benzene rings is 1. The topological polar surface area (TPSA) is 59.8 Å². The van der Waals surface area contributed by atoms with Crippen LogP contribution in [0.25, 0.3) is 0 Å². The van der Waals surface area contributed by atoms with E-state index in [1.807, 2.05) is 6.07 Å². The van der Waals surface area contributed by atoms with Crippen LogP contribution in [-0.2, 0) is 11.2 Å². The Morgan fingerprint density at radius 2 is 2.15 bits per heavy atom. The van der Waals surface area contributed by atoms with E-state index in [0.717, 1.165) is 30.2 Å². The van der Waals surface area contributed by atoms with E-state index in [-0.39, 0.29) is 11.7 Å². The number of carbonyl (C=O) groups is 1. The number of amides is 1. The lowest BCUT2D eigenvalue weighted by Crippen LogP contribution is -2.15. The molecule has 5 nitrogen and oxygen atoms in total. The molecule has 0 saturated heterocycles. The number of rotatable bonds is 7. The molecular formula is C18H16Cl2N4OS2. The summed E-state index contributed by atoms with van der Waals surface area (Å²) in [7, 11) is 0. The van der Waals surface area contributed by atoms with Crippen molar-refractivity contribution in [3.05, 3.63) is 56.5 Å². The summed E-state index contributed by atoms with van der Waals surface area (Å²) < 4.78 is 2.18. The van der Waals surface area contributed by atoms with Gasteiger partial charge >= 0.3 is 0 Å². The van der Waals surface area contributed by atoms with Crippen LogP contribution in [0.4, 0.5) is 5.69 Å². The van der Waals surface area contributed by atoms with E-state index in [4.69, 9.17) is 23.2 Å². The molecule has 1 aromatic carbocycles. The number of thiophene rings is 1. The van der Waals surface area contributed by atoms with Crippen molar-refractivity contribution in [2.24, 2.45) is 0 Å². The third-order valence-electron chi connectivity index (χ3n) is 4.09. The monoisotopic (exact) mass is 438 g/mol. The maximum Gasteiger partial charge on any atom is 0.234 e. The molecule has 0 unspecified atom stereocenters. The van der Waals surface area contributed by atoms with Gasteiger partial charge in [-0.2, -0.15) is 0 Å². The van der Waals surface area contributed by atoms with Gasteiger partial charge in [-0.1, -0.05) is 41.0 Å². The molecule has 0 spiro atoms. The van der Waals surface area contributed by atoms with Gasteiger partial charge in [-0.05, 0) is 42.5 Å². The molecule has 0 bridgehead atoms. The predicted molar refractivity (Wildman–Crippen MR) is 111 cm³/mol. The third kappa shape index (κ3) is 4.66. The maximum absolute atomic E-state index is 12.3. The van der Waals surface area contributed by atoms with Gasteiger partial charge in [-0.15, -0.1) is 21.5 Å². The largest absolute Gasteiger partial charge is 0.324 e. The van der Waals surface area contributed by atoms with Gasteiger partial charge in [0.2, 0.25) is 5.91 Å². The second-order valence-electron chi connectivity index (χ2n) is 6.22. The van der Waals surface area contributed by atoms with Gasteiger partial charge < -0.3 is 9.88 Å². The number of hydrogen-bond acceptors (Lipinski definition) is 5. The molecule has 9 heteroatoms. The molecule has 1 saturated carbocycles. The van der Waals surface area contributed by atoms with Crippen LogP contribution in [0, 0.1) is 0 Å². The molecule has 0 atom stereocenters. The molecule has 1 aliphatic carbocycles. The van der Waals surface area contributed by atoms with Gasteiger partial charge in [0.1, 0.15) is 5.82 Å². The second kappa shape index (κ2) is 8.22. The highest BCUT2D eigenvalue weighted by molar-refractivity contribution is 7.99. The zero-order chi connectivity index (χ0) is 18.8. The van der Waals surface area contributed by atoms with Crippen molar-refractivity contribution in [1.82, 2.24) is 14.8 Å². The van der Waals surface area contributed by atoms with Crippen LogP contribution >= 0.6 is 46.3 Å². The Labute approximate surface area is 175 Å². The van der Waals surface area contributed by atoms with Crippen LogP contribution in [0.5, 0.6) is 0 Å². The first-order valence-electron chi connectivity index (χ1n) is 8.44. The summed E-state index contributed by atoms with van der Waals surface area (Å²) in [5, 5.41) is 15.3. The number of aromatic nitrogens is 3. The van der Waals surface area contributed by atoms with Gasteiger partial charge in [0.25, 0.3) is 0 Å². The highest BCUT2D eigenvalue weighted by Gasteiger charge is 2.30. The van der Waals surface area contributed by atoms with E-state index < -0.39 is 0 Å². The number of thioether (sulfide) groups is 1. The normalized spacial score (nSPS) is 13.7. The van der Waals surface area contributed by atoms with Gasteiger partial charge in [0.15, 0.2) is 5.16 Å². The number of hydrogen-bond donors (Lipinski definition) is 1. The second-order valence-corrected chi connectivity index (χ2v) is 9.04. The molecule has 1 aliphatic rings. The van der Waals surface area contributed by atoms with Crippen molar-refractivity contribution in [3.8, 4) is 0 Å². The Hall–Kier alpha value is -1.54. The van der Waals surface area contributed by atoms with Crippen LogP contribution < -0.4 is 5.32 Å². The van der Waals surface area contributed by atoms with E-state index in [9.17, 15) is 4.79 Å². The number of nitrogens with one attached hydrogen (secondary N) is 1. The minimum atomic E-state index is -0.158. The molecule has 27 heavy (non-hydrogen) atoms. The van der Waals surface area contributed by atoms with E-state index in [1.54, 1.807) is 29.5 Å². The first-order valence-corrected chi connectivity index (χ1v) is 11.1. The Morgan fingerprint density at radius 3 is 2.89 bits per heavy atom. The minimum absolute atomic E-state index is 0.158. The molecule has 0 aliphatic heterocycles. The van der Waals surface area contributed by atoms with Gasteiger partial charge in [-0.3, -0.25) is 4.79 Å². The maximum atomic E-state index is 12.3. The number of carbonyl (C=O) groups excluding carboxylic acids is 1. The standard InChI is InChI=1S/C18H16Cl2N4OS2/c19-11-3-6-14(20)15(8-11)21-17(25)10-27-18-23-22-16(24(18)12-4-5-12)9-13-2-1-7-26-13/h1-3,6-8,12H,4-5,9-10H2,(H,21,25). The van der Waals surface area contributed by atoms with Crippen molar-refractivity contribution in [2.45, 2.75) is 30.5 Å². The van der Waals surface area contributed by atoms with E-state index in [0.29, 0.717) is 21.8 Å². The van der Waals surface area contributed by atoms with Crippen molar-refractivity contribution in [3.63, 3.8) is 0 Å². The van der Waals surface area contributed by atoms with Crippen LogP contribution in [0.3, 0.4) is 0 Å². The molecule has 140 valence electrons. The molecule has 4 rings (SSSR count). The summed E-state index contributed by atoms with van der Waals surface area (Å²) in [5.41, 5.74) is 0.511. The average Bonchev–Trinajstić information content (AvgIpc) is 3.19. The van der Waals surface area contributed by atoms with Crippen molar-refractivity contribution >= 4 is 57.9 Å². The first-order chi connectivity index (χ1) is 13.1. The van der Waals surface area contributed by atoms with Gasteiger partial charge in [0, 0.05) is 22.4 Å². The zero-order valence-corrected chi connectivity index (χ0v) is 17.3. The molecule has 1 N–H and O–H groups in total. The molecule has 2 aromatic heterocycles. The Bertz CT molecular complexity index is 954. The lowest BCUT2D eigenvalue weighted by atomic mass is 10.3. The molecule has 1 fully saturated rings. The average molecular weight is 439 g/mol. The summed E-state index contributed by atoms with van der Waals surface area (Å²) in [6, 6.07) is 9.57. The van der Waals surface area contributed by atoms with Gasteiger partial charge in [-0.25, -0.2) is 0 Å². The van der Waals surface area contributed by atoms with Crippen LogP contribution in [0.2, 0.25) is 10.0 Å². The molecule has 1 amide bonds. The zero-order valence-electron chi connectivity index (χ0n) is 14.2. The van der Waals surface area contributed by atoms with E-state index in [2.05, 4.69) is 31.5 Å². The van der Waals surface area contributed by atoms with E-state index >= 15 is 0 Å². The fraction of sp³-hybridized carbons (Fsp3) is 0.278. The van der Waals surface area contributed by atoms with Gasteiger partial charge in [0.05, 0.1) is 16.5 Å². The Kier molecular flexibility index (Phi) is 5.73. The number of nitrogens with zero attached hydrogens (tertiary/aromatic N) is 3. The minimum Gasteiger partial charge on any atom is -0.324 e. The summed E-state index contributed by atoms with van der Waals surface area (Å²) in [5.74, 6) is 1.03. The quantitative estimate of drug-likeness (QED) is 0.508. The summed E-state index contributed by atoms with van der Waals surface area (Å²) >= 11 is 15.2. The molecule has 0 radical (unpaired) electrons. The molecular weight excluding hydrogens is 423 g/mol. The first kappa shape index (κ1) is 18.8. The lowest BCUT2D eigenvalue weighted by Gasteiger charge is -2.09. The molecule has 3 aromatic rings. The van der Waals surface area contributed by atoms with Crippen LogP contribution in [0.15, 0.2) is 40.9 Å². The highest BCUT2D eigenvalue weighted by Crippen LogP contribution is 2.39. The third-order valence-corrected chi connectivity index (χ3v) is 6.48. The van der Waals surface area contributed by atoms with Crippen molar-refractivity contribution in [2.75, 3.05) is 11.1 Å². The lowest BCUT2D eigenvalue weighted by molar-refractivity contribution is -0.113. The van der Waals surface area contributed by atoms with Crippen LogP contribution in [0.1, 0.15) is 29.6 Å². The van der Waals surface area contributed by atoms with Crippen LogP contribution in [-0.4, -0.2) is 26.4 Å². The summed E-state index contributed by atoms with van der Waals surface area (Å²) in [6.07, 6.45) is 3.03. The van der Waals surface area contributed by atoms with Crippen molar-refractivity contribution in [1.29, 1.82) is 0 Å². The number of anilines is 1. The predicted octanol–water partition coefficient (Wildman–Crippen LogP) is 5.30. The van der Waals surface area contributed by atoms with E-state index in [1.165, 1.54) is 16.6 Å². The van der Waals surface area contributed by atoms with Crippen molar-refractivity contribution < 1.29 is 4.79 Å². The molecule has 2 heterocycles. The fourth-order valence-electron chi connectivity index (χ4n) is 2.70. The summed E-state index contributed by atoms with van der Waals surface area (Å²) in [4.78, 5) is 13.6. The summed E-state index contributed by atoms with van der Waals surface area (Å²) in [6.45, 7) is 0. The highest BCUT2D eigenvalue weighted by atomic mass is 35.5. The SMILES string of the molecule is O=C(CSc1nnc(Cc2cccs2)n1C1CC1)Nc1cc(Cl)ccc1Cl. The number of halogens is 2.